The first kappa shape index (κ1) is 22.9. The molecule has 2 aromatic carbocycles. The first-order valence-corrected chi connectivity index (χ1v) is 9.69. The van der Waals surface area contributed by atoms with Crippen LogP contribution in [0, 0.1) is 0 Å². The molecule has 1 amide bonds. The topological polar surface area (TPSA) is 90.9 Å². The third-order valence-corrected chi connectivity index (χ3v) is 4.40. The van der Waals surface area contributed by atoms with Gasteiger partial charge in [0.1, 0.15) is 0 Å². The fraction of sp³-hybridized carbons (Fsp3) is 0.348. The highest BCUT2D eigenvalue weighted by molar-refractivity contribution is 5.94. The van der Waals surface area contributed by atoms with Gasteiger partial charge >= 0.3 is 5.97 Å². The zero-order valence-corrected chi connectivity index (χ0v) is 17.5. The summed E-state index contributed by atoms with van der Waals surface area (Å²) in [5.41, 5.74) is 1.67. The minimum Gasteiger partial charge on any atom is -0.493 e. The maximum Gasteiger partial charge on any atom is 0.344 e. The summed E-state index contributed by atoms with van der Waals surface area (Å²) in [4.78, 5) is 35.3. The number of hydrogen-bond donors (Lipinski definition) is 1. The van der Waals surface area contributed by atoms with Crippen molar-refractivity contribution in [3.8, 4) is 11.5 Å². The van der Waals surface area contributed by atoms with Crippen molar-refractivity contribution in [1.82, 2.24) is 5.32 Å². The molecular weight excluding hydrogens is 386 g/mol. The predicted molar refractivity (Wildman–Crippen MR) is 112 cm³/mol. The summed E-state index contributed by atoms with van der Waals surface area (Å²) in [6.07, 6.45) is 1.63. The van der Waals surface area contributed by atoms with Crippen LogP contribution in [0.3, 0.4) is 0 Å². The normalized spacial score (nSPS) is 11.3. The van der Waals surface area contributed by atoms with Crippen LogP contribution < -0.4 is 14.8 Å². The summed E-state index contributed by atoms with van der Waals surface area (Å²) < 4.78 is 15.5. The zero-order valence-electron chi connectivity index (χ0n) is 17.5. The van der Waals surface area contributed by atoms with Crippen LogP contribution in [0.25, 0.3) is 0 Å². The van der Waals surface area contributed by atoms with E-state index in [0.29, 0.717) is 17.1 Å². The van der Waals surface area contributed by atoms with Crippen molar-refractivity contribution in [2.75, 3.05) is 20.3 Å². The third kappa shape index (κ3) is 7.58. The molecule has 2 aromatic rings. The summed E-state index contributed by atoms with van der Waals surface area (Å²) in [5, 5.41) is 2.81. The Bertz CT molecular complexity index is 865. The van der Waals surface area contributed by atoms with Crippen molar-refractivity contribution in [1.29, 1.82) is 0 Å². The van der Waals surface area contributed by atoms with Gasteiger partial charge in [-0.3, -0.25) is 9.59 Å². The molecule has 160 valence electrons. The van der Waals surface area contributed by atoms with Crippen LogP contribution in [0.15, 0.2) is 48.5 Å². The smallest absolute Gasteiger partial charge is 0.344 e. The molecule has 30 heavy (non-hydrogen) atoms. The Morgan fingerprint density at radius 1 is 1.00 bits per heavy atom. The average molecular weight is 413 g/mol. The maximum atomic E-state index is 12.0. The Morgan fingerprint density at radius 2 is 1.73 bits per heavy atom. The molecule has 7 nitrogen and oxygen atoms in total. The molecule has 1 N–H and O–H groups in total. The molecule has 0 aliphatic rings. The number of nitrogens with one attached hydrogen (secondary N) is 1. The molecule has 0 saturated heterocycles. The molecule has 0 fully saturated rings. The van der Waals surface area contributed by atoms with Gasteiger partial charge in [-0.15, -0.1) is 0 Å². The fourth-order valence-corrected chi connectivity index (χ4v) is 2.75. The molecule has 0 aromatic heterocycles. The van der Waals surface area contributed by atoms with E-state index < -0.39 is 5.97 Å². The number of carbonyl (C=O) groups is 3. The molecule has 0 saturated carbocycles. The molecule has 0 spiro atoms. The zero-order chi connectivity index (χ0) is 21.9. The molecule has 0 bridgehead atoms. The van der Waals surface area contributed by atoms with Crippen molar-refractivity contribution in [3.63, 3.8) is 0 Å². The maximum absolute atomic E-state index is 12.0. The second kappa shape index (κ2) is 11.6. The Kier molecular flexibility index (Phi) is 8.87. The molecule has 1 atom stereocenters. The van der Waals surface area contributed by atoms with Crippen molar-refractivity contribution in [2.24, 2.45) is 0 Å². The van der Waals surface area contributed by atoms with Crippen molar-refractivity contribution < 1.29 is 28.6 Å². The Hall–Kier alpha value is -3.35. The second-order valence-electron chi connectivity index (χ2n) is 6.86. The summed E-state index contributed by atoms with van der Waals surface area (Å²) in [6, 6.07) is 14.6. The number of aryl methyl sites for hydroxylation is 1. The Morgan fingerprint density at radius 3 is 2.40 bits per heavy atom. The van der Waals surface area contributed by atoms with Crippen molar-refractivity contribution >= 4 is 17.7 Å². The third-order valence-electron chi connectivity index (χ3n) is 4.40. The number of methoxy groups -OCH3 is 1. The number of ketones is 1. The number of amides is 1. The van der Waals surface area contributed by atoms with E-state index in [1.807, 2.05) is 37.3 Å². The van der Waals surface area contributed by atoms with Gasteiger partial charge in [0.25, 0.3) is 5.91 Å². The monoisotopic (exact) mass is 413 g/mol. The van der Waals surface area contributed by atoms with Crippen LogP contribution in [0.4, 0.5) is 0 Å². The van der Waals surface area contributed by atoms with Crippen LogP contribution >= 0.6 is 0 Å². The van der Waals surface area contributed by atoms with E-state index in [0.717, 1.165) is 12.8 Å². The van der Waals surface area contributed by atoms with Gasteiger partial charge in [-0.25, -0.2) is 4.79 Å². The van der Waals surface area contributed by atoms with E-state index in [4.69, 9.17) is 14.2 Å². The predicted octanol–water partition coefficient (Wildman–Crippen LogP) is 2.96. The molecule has 7 heteroatoms. The Balaban J connectivity index is 1.71. The quantitative estimate of drug-likeness (QED) is 0.450. The highest BCUT2D eigenvalue weighted by atomic mass is 16.6. The molecule has 0 heterocycles. The lowest BCUT2D eigenvalue weighted by Crippen LogP contribution is -2.36. The van der Waals surface area contributed by atoms with Gasteiger partial charge in [-0.2, -0.15) is 0 Å². The second-order valence-corrected chi connectivity index (χ2v) is 6.86. The largest absolute Gasteiger partial charge is 0.493 e. The lowest BCUT2D eigenvalue weighted by Gasteiger charge is -2.14. The molecule has 0 aliphatic carbocycles. The van der Waals surface area contributed by atoms with Crippen LogP contribution in [0.1, 0.15) is 36.2 Å². The number of ether oxygens (including phenoxy) is 3. The standard InChI is InChI=1S/C23H27NO6/c1-16(9-10-18-7-5-4-6-8-18)24-22(26)14-30-23(27)15-29-20-12-11-19(17(2)25)13-21(20)28-3/h4-8,11-13,16H,9-10,14-15H2,1-3H3,(H,24,26)/t16-/m0/s1. The number of benzene rings is 2. The molecule has 0 unspecified atom stereocenters. The lowest BCUT2D eigenvalue weighted by molar-refractivity contribution is -0.150. The van der Waals surface area contributed by atoms with Crippen molar-refractivity contribution in [2.45, 2.75) is 32.7 Å². The van der Waals surface area contributed by atoms with Gasteiger partial charge in [-0.1, -0.05) is 30.3 Å². The summed E-state index contributed by atoms with van der Waals surface area (Å²) in [7, 11) is 1.44. The SMILES string of the molecule is COc1cc(C(C)=O)ccc1OCC(=O)OCC(=O)N[C@@H](C)CCc1ccccc1. The summed E-state index contributed by atoms with van der Waals surface area (Å²) in [6.45, 7) is 2.59. The summed E-state index contributed by atoms with van der Waals surface area (Å²) in [5.74, 6) is -0.519. The Labute approximate surface area is 176 Å². The van der Waals surface area contributed by atoms with Gasteiger partial charge < -0.3 is 19.5 Å². The lowest BCUT2D eigenvalue weighted by atomic mass is 10.1. The van der Waals surface area contributed by atoms with Crippen LogP contribution in [-0.2, 0) is 20.7 Å². The van der Waals surface area contributed by atoms with E-state index in [1.54, 1.807) is 12.1 Å². The average Bonchev–Trinajstić information content (AvgIpc) is 2.75. The van der Waals surface area contributed by atoms with Gasteiger partial charge in [0.2, 0.25) is 0 Å². The van der Waals surface area contributed by atoms with Gasteiger partial charge in [-0.05, 0) is 50.5 Å². The van der Waals surface area contributed by atoms with E-state index in [1.165, 1.54) is 25.7 Å². The minimum absolute atomic E-state index is 0.0447. The molecule has 0 radical (unpaired) electrons. The first-order chi connectivity index (χ1) is 14.4. The van der Waals surface area contributed by atoms with Crippen molar-refractivity contribution in [3.05, 3.63) is 59.7 Å². The minimum atomic E-state index is -0.681. The molecule has 0 aliphatic heterocycles. The number of rotatable bonds is 11. The number of Topliss-reactive ketones (excluding diaryl/α,β-unsaturated/α-hetero) is 1. The highest BCUT2D eigenvalue weighted by Gasteiger charge is 2.13. The van der Waals surface area contributed by atoms with E-state index >= 15 is 0 Å². The number of hydrogen-bond acceptors (Lipinski definition) is 6. The number of carbonyl (C=O) groups excluding carboxylic acids is 3. The highest BCUT2D eigenvalue weighted by Crippen LogP contribution is 2.28. The van der Waals surface area contributed by atoms with Crippen LogP contribution in [0.2, 0.25) is 0 Å². The van der Waals surface area contributed by atoms with Crippen LogP contribution in [0.5, 0.6) is 11.5 Å². The summed E-state index contributed by atoms with van der Waals surface area (Å²) >= 11 is 0. The van der Waals surface area contributed by atoms with Gasteiger partial charge in [0.05, 0.1) is 7.11 Å². The number of esters is 1. The van der Waals surface area contributed by atoms with E-state index in [2.05, 4.69) is 5.32 Å². The van der Waals surface area contributed by atoms with E-state index in [-0.39, 0.29) is 30.9 Å². The fourth-order valence-electron chi connectivity index (χ4n) is 2.75. The van der Waals surface area contributed by atoms with E-state index in [9.17, 15) is 14.4 Å². The first-order valence-electron chi connectivity index (χ1n) is 9.69. The van der Waals surface area contributed by atoms with Crippen LogP contribution in [-0.4, -0.2) is 44.0 Å². The van der Waals surface area contributed by atoms with Gasteiger partial charge in [0, 0.05) is 11.6 Å². The molecular formula is C23H27NO6. The molecule has 2 rings (SSSR count). The van der Waals surface area contributed by atoms with Gasteiger partial charge in [0.15, 0.2) is 30.5 Å².